The van der Waals surface area contributed by atoms with Crippen molar-refractivity contribution in [2.24, 2.45) is 5.92 Å². The number of thiocarbonyl (C=S) groups is 1. The highest BCUT2D eigenvalue weighted by Gasteiger charge is 2.45. The fraction of sp³-hybridized carbons (Fsp3) is 0.333. The lowest BCUT2D eigenvalue weighted by atomic mass is 9.73. The van der Waals surface area contributed by atoms with E-state index in [0.717, 1.165) is 44.4 Å². The molecule has 166 valence electrons. The molecule has 1 spiro atoms. The Kier molecular flexibility index (Phi) is 5.20. The number of hydrogen-bond donors (Lipinski definition) is 2. The van der Waals surface area contributed by atoms with Gasteiger partial charge in [0.1, 0.15) is 0 Å². The first-order valence-corrected chi connectivity index (χ1v) is 11.1. The van der Waals surface area contributed by atoms with Gasteiger partial charge < -0.3 is 15.2 Å². The summed E-state index contributed by atoms with van der Waals surface area (Å²) in [5.41, 5.74) is 3.71. The van der Waals surface area contributed by atoms with Crippen LogP contribution < -0.4 is 10.6 Å². The third-order valence-electron chi connectivity index (χ3n) is 6.76. The van der Waals surface area contributed by atoms with Gasteiger partial charge in [-0.2, -0.15) is 13.2 Å². The fourth-order valence-corrected chi connectivity index (χ4v) is 5.30. The van der Waals surface area contributed by atoms with Gasteiger partial charge in [0.25, 0.3) is 0 Å². The van der Waals surface area contributed by atoms with Crippen LogP contribution in [0.3, 0.4) is 0 Å². The van der Waals surface area contributed by atoms with Crippen LogP contribution in [0.15, 0.2) is 61.1 Å². The van der Waals surface area contributed by atoms with E-state index in [1.165, 1.54) is 29.0 Å². The van der Waals surface area contributed by atoms with Crippen molar-refractivity contribution >= 4 is 23.0 Å². The van der Waals surface area contributed by atoms with Crippen LogP contribution in [0.5, 0.6) is 0 Å². The monoisotopic (exact) mass is 456 g/mol. The molecule has 1 aliphatic carbocycles. The third-order valence-corrected chi connectivity index (χ3v) is 7.00. The first-order valence-electron chi connectivity index (χ1n) is 10.7. The summed E-state index contributed by atoms with van der Waals surface area (Å²) in [5, 5.41) is 6.63. The van der Waals surface area contributed by atoms with E-state index in [9.17, 15) is 13.2 Å². The van der Waals surface area contributed by atoms with Crippen LogP contribution in [0.25, 0.3) is 11.3 Å². The van der Waals surface area contributed by atoms with E-state index in [2.05, 4.69) is 44.5 Å². The minimum absolute atomic E-state index is 0.0160. The van der Waals surface area contributed by atoms with Gasteiger partial charge in [0.05, 0.1) is 29.3 Å². The zero-order chi connectivity index (χ0) is 22.3. The highest BCUT2D eigenvalue weighted by atomic mass is 32.1. The number of hydrogen-bond acceptors (Lipinski definition) is 2. The molecule has 2 aromatic carbocycles. The Morgan fingerprint density at radius 2 is 1.81 bits per heavy atom. The molecule has 2 aliphatic rings. The average Bonchev–Trinajstić information content (AvgIpc) is 3.36. The Morgan fingerprint density at radius 1 is 1.09 bits per heavy atom. The minimum Gasteiger partial charge on any atom is -0.362 e. The van der Waals surface area contributed by atoms with Crippen LogP contribution in [-0.2, 0) is 11.7 Å². The van der Waals surface area contributed by atoms with Crippen LogP contribution in [0.4, 0.5) is 18.9 Å². The van der Waals surface area contributed by atoms with Gasteiger partial charge >= 0.3 is 6.18 Å². The smallest absolute Gasteiger partial charge is 0.362 e. The molecule has 0 unspecified atom stereocenters. The van der Waals surface area contributed by atoms with Crippen LogP contribution in [0.2, 0.25) is 0 Å². The number of anilines is 1. The Balaban J connectivity index is 1.17. The number of halogens is 3. The Hall–Kier alpha value is -2.87. The Morgan fingerprint density at radius 3 is 2.53 bits per heavy atom. The average molecular weight is 457 g/mol. The summed E-state index contributed by atoms with van der Waals surface area (Å²) < 4.78 is 40.4. The second-order valence-corrected chi connectivity index (χ2v) is 8.99. The second-order valence-electron chi connectivity index (χ2n) is 8.58. The van der Waals surface area contributed by atoms with Crippen molar-refractivity contribution in [2.45, 2.75) is 37.4 Å². The highest BCUT2D eigenvalue weighted by Crippen LogP contribution is 2.51. The summed E-state index contributed by atoms with van der Waals surface area (Å²) in [5.74, 6) is 0.479. The molecule has 5 rings (SSSR count). The summed E-state index contributed by atoms with van der Waals surface area (Å²) in [6.07, 6.45) is 3.76. The fourth-order valence-electron chi connectivity index (χ4n) is 5.10. The predicted octanol–water partition coefficient (Wildman–Crippen LogP) is 5.80. The van der Waals surface area contributed by atoms with Crippen LogP contribution in [-0.4, -0.2) is 21.2 Å². The minimum atomic E-state index is -4.34. The van der Waals surface area contributed by atoms with Gasteiger partial charge in [-0.25, -0.2) is 4.98 Å². The molecule has 1 aromatic heterocycles. The maximum atomic E-state index is 12.7. The number of fused-ring (bicyclic) bond motifs is 5. The molecule has 2 heterocycles. The number of alkyl halides is 3. The van der Waals surface area contributed by atoms with Crippen LogP contribution >= 0.6 is 12.2 Å². The Bertz CT molecular complexity index is 1130. The lowest BCUT2D eigenvalue weighted by molar-refractivity contribution is -0.137. The summed E-state index contributed by atoms with van der Waals surface area (Å²) in [6.45, 7) is 0.737. The van der Waals surface area contributed by atoms with Crippen molar-refractivity contribution in [3.05, 3.63) is 72.2 Å². The van der Waals surface area contributed by atoms with Crippen molar-refractivity contribution < 1.29 is 13.2 Å². The van der Waals surface area contributed by atoms with E-state index in [1.807, 2.05) is 12.5 Å². The normalized spacial score (nSPS) is 21.8. The van der Waals surface area contributed by atoms with Crippen molar-refractivity contribution in [2.75, 3.05) is 11.9 Å². The Labute approximate surface area is 189 Å². The molecule has 1 saturated carbocycles. The number of rotatable bonds is 3. The maximum absolute atomic E-state index is 12.7. The number of benzene rings is 2. The molecule has 0 saturated heterocycles. The van der Waals surface area contributed by atoms with Crippen molar-refractivity contribution in [1.82, 2.24) is 14.9 Å². The first kappa shape index (κ1) is 21.0. The number of nitrogens with zero attached hydrogens (tertiary/aromatic N) is 2. The lowest BCUT2D eigenvalue weighted by Crippen LogP contribution is -2.40. The molecule has 0 amide bonds. The quantitative estimate of drug-likeness (QED) is 0.489. The molecule has 0 radical (unpaired) electrons. The number of imidazole rings is 1. The first-order chi connectivity index (χ1) is 15.4. The molecular formula is C24H23F3N4S. The summed E-state index contributed by atoms with van der Waals surface area (Å²) in [7, 11) is 0. The second kappa shape index (κ2) is 7.92. The summed E-state index contributed by atoms with van der Waals surface area (Å²) in [6, 6.07) is 13.5. The molecule has 3 aromatic rings. The highest BCUT2D eigenvalue weighted by molar-refractivity contribution is 7.80. The zero-order valence-corrected chi connectivity index (χ0v) is 18.1. The number of nitrogens with one attached hydrogen (secondary N) is 2. The topological polar surface area (TPSA) is 41.9 Å². The van der Waals surface area contributed by atoms with E-state index in [0.29, 0.717) is 16.7 Å². The van der Waals surface area contributed by atoms with Gasteiger partial charge in [0.2, 0.25) is 0 Å². The molecule has 0 atom stereocenters. The van der Waals surface area contributed by atoms with E-state index >= 15 is 0 Å². The van der Waals surface area contributed by atoms with Crippen LogP contribution in [0, 0.1) is 5.92 Å². The SMILES string of the molecule is FC(F)(F)c1ccc(NC(=S)NCC2CCC3(CC2)c2ccccc2-c2cncn23)cc1. The van der Waals surface area contributed by atoms with Gasteiger partial charge in [0, 0.05) is 17.8 Å². The van der Waals surface area contributed by atoms with E-state index in [1.54, 1.807) is 0 Å². The van der Waals surface area contributed by atoms with E-state index in [-0.39, 0.29) is 5.54 Å². The van der Waals surface area contributed by atoms with Gasteiger partial charge in [-0.05, 0) is 73.6 Å². The third kappa shape index (κ3) is 3.66. The van der Waals surface area contributed by atoms with Gasteiger partial charge in [-0.3, -0.25) is 0 Å². The predicted molar refractivity (Wildman–Crippen MR) is 122 cm³/mol. The molecule has 8 heteroatoms. The number of aromatic nitrogens is 2. The van der Waals surface area contributed by atoms with Gasteiger partial charge in [-0.15, -0.1) is 0 Å². The molecule has 4 nitrogen and oxygen atoms in total. The lowest BCUT2D eigenvalue weighted by Gasteiger charge is -2.39. The van der Waals surface area contributed by atoms with Crippen molar-refractivity contribution in [1.29, 1.82) is 0 Å². The van der Waals surface area contributed by atoms with Gasteiger partial charge in [0.15, 0.2) is 5.11 Å². The molecular weight excluding hydrogens is 433 g/mol. The molecule has 1 fully saturated rings. The van der Waals surface area contributed by atoms with Crippen LogP contribution in [0.1, 0.15) is 36.8 Å². The standard InChI is InChI=1S/C24H23F3N4S/c25-24(26,27)17-5-7-18(8-6-17)30-22(32)29-13-16-9-11-23(12-10-16)20-4-2-1-3-19(20)21-14-28-15-31(21)23/h1-8,14-16H,9-13H2,(H2,29,30,32). The molecule has 0 bridgehead atoms. The molecule has 2 N–H and O–H groups in total. The molecule has 32 heavy (non-hydrogen) atoms. The van der Waals surface area contributed by atoms with E-state index < -0.39 is 11.7 Å². The summed E-state index contributed by atoms with van der Waals surface area (Å²) >= 11 is 5.35. The summed E-state index contributed by atoms with van der Waals surface area (Å²) in [4.78, 5) is 4.39. The van der Waals surface area contributed by atoms with E-state index in [4.69, 9.17) is 12.2 Å². The van der Waals surface area contributed by atoms with Crippen molar-refractivity contribution in [3.8, 4) is 11.3 Å². The maximum Gasteiger partial charge on any atom is 0.416 e. The molecule has 1 aliphatic heterocycles. The van der Waals surface area contributed by atoms with Gasteiger partial charge in [-0.1, -0.05) is 24.3 Å². The van der Waals surface area contributed by atoms with Crippen molar-refractivity contribution in [3.63, 3.8) is 0 Å². The largest absolute Gasteiger partial charge is 0.416 e. The zero-order valence-electron chi connectivity index (χ0n) is 17.3.